The van der Waals surface area contributed by atoms with Gasteiger partial charge in [0, 0.05) is 5.56 Å². The molecule has 0 radical (unpaired) electrons. The summed E-state index contributed by atoms with van der Waals surface area (Å²) in [5.74, 6) is 1.11. The van der Waals surface area contributed by atoms with Gasteiger partial charge in [0.15, 0.2) is 5.69 Å². The van der Waals surface area contributed by atoms with Crippen molar-refractivity contribution in [2.24, 2.45) is 0 Å². The Kier molecular flexibility index (Phi) is 5.30. The average molecular weight is 404 g/mol. The summed E-state index contributed by atoms with van der Waals surface area (Å²) in [7, 11) is 1.57. The van der Waals surface area contributed by atoms with Crippen molar-refractivity contribution in [2.75, 3.05) is 7.11 Å². The second-order valence-corrected chi connectivity index (χ2v) is 6.57. The molecule has 2 aromatic carbocycles. The van der Waals surface area contributed by atoms with Gasteiger partial charge in [-0.3, -0.25) is 0 Å². The molecule has 4 rings (SSSR count). The number of ether oxygens (including phenoxy) is 2. The predicted octanol–water partition coefficient (Wildman–Crippen LogP) is 3.90. The number of esters is 1. The van der Waals surface area contributed by atoms with Crippen LogP contribution in [0.5, 0.6) is 5.75 Å². The van der Waals surface area contributed by atoms with Crippen LogP contribution >= 0.6 is 0 Å². The summed E-state index contributed by atoms with van der Waals surface area (Å²) in [6.45, 7) is 3.51. The first kappa shape index (κ1) is 19.4. The molecule has 0 atom stereocenters. The van der Waals surface area contributed by atoms with E-state index in [2.05, 4.69) is 15.3 Å². The fourth-order valence-corrected chi connectivity index (χ4v) is 3.02. The van der Waals surface area contributed by atoms with E-state index >= 15 is 0 Å². The monoisotopic (exact) mass is 404 g/mol. The third kappa shape index (κ3) is 3.67. The Morgan fingerprint density at radius 3 is 2.57 bits per heavy atom. The molecule has 0 saturated carbocycles. The van der Waals surface area contributed by atoms with Crippen molar-refractivity contribution >= 4 is 5.97 Å². The number of nitrogens with zero attached hydrogens (tertiary/aromatic N) is 4. The molecule has 2 heterocycles. The minimum atomic E-state index is -0.586. The maximum Gasteiger partial charge on any atom is 0.361 e. The number of aromatic nitrogens is 4. The zero-order valence-electron chi connectivity index (χ0n) is 16.8. The molecule has 0 spiro atoms. The molecule has 0 aliphatic rings. The van der Waals surface area contributed by atoms with Crippen LogP contribution in [0.2, 0.25) is 0 Å². The van der Waals surface area contributed by atoms with Gasteiger partial charge in [-0.05, 0) is 38.1 Å². The van der Waals surface area contributed by atoms with Crippen molar-refractivity contribution in [1.29, 1.82) is 0 Å². The van der Waals surface area contributed by atoms with Crippen LogP contribution < -0.4 is 4.74 Å². The summed E-state index contributed by atoms with van der Waals surface area (Å²) in [4.78, 5) is 17.0. The van der Waals surface area contributed by atoms with E-state index < -0.39 is 5.97 Å². The van der Waals surface area contributed by atoms with Gasteiger partial charge < -0.3 is 13.9 Å². The molecule has 4 aromatic rings. The second-order valence-electron chi connectivity index (χ2n) is 6.57. The summed E-state index contributed by atoms with van der Waals surface area (Å²) in [6, 6.07) is 16.9. The van der Waals surface area contributed by atoms with Crippen LogP contribution in [0.4, 0.5) is 0 Å². The Balaban J connectivity index is 1.51. The van der Waals surface area contributed by atoms with Crippen molar-refractivity contribution in [3.8, 4) is 22.9 Å². The van der Waals surface area contributed by atoms with E-state index in [1.807, 2.05) is 54.6 Å². The highest BCUT2D eigenvalue weighted by molar-refractivity contribution is 5.88. The van der Waals surface area contributed by atoms with Gasteiger partial charge in [0.2, 0.25) is 5.89 Å². The first-order valence-corrected chi connectivity index (χ1v) is 9.33. The predicted molar refractivity (Wildman–Crippen MR) is 108 cm³/mol. The molecule has 0 aliphatic carbocycles. The molecule has 0 unspecified atom stereocenters. The number of aryl methyl sites for hydroxylation is 1. The van der Waals surface area contributed by atoms with Crippen molar-refractivity contribution < 1.29 is 18.7 Å². The highest BCUT2D eigenvalue weighted by Gasteiger charge is 2.21. The zero-order valence-corrected chi connectivity index (χ0v) is 16.8. The summed E-state index contributed by atoms with van der Waals surface area (Å²) in [6.07, 6.45) is 0. The van der Waals surface area contributed by atoms with E-state index in [4.69, 9.17) is 13.9 Å². The van der Waals surface area contributed by atoms with Crippen molar-refractivity contribution in [1.82, 2.24) is 20.0 Å². The summed E-state index contributed by atoms with van der Waals surface area (Å²) < 4.78 is 18.0. The van der Waals surface area contributed by atoms with Gasteiger partial charge in [-0.2, -0.15) is 0 Å². The number of oxazole rings is 1. The van der Waals surface area contributed by atoms with Gasteiger partial charge in [-0.1, -0.05) is 35.5 Å². The lowest BCUT2D eigenvalue weighted by Crippen LogP contribution is -2.09. The molecule has 0 fully saturated rings. The number of rotatable bonds is 6. The van der Waals surface area contributed by atoms with Crippen LogP contribution in [0, 0.1) is 13.8 Å². The molecule has 152 valence electrons. The van der Waals surface area contributed by atoms with Crippen LogP contribution in [-0.2, 0) is 11.3 Å². The molecule has 0 amide bonds. The molecular formula is C22H20N4O4. The van der Waals surface area contributed by atoms with Crippen LogP contribution in [0.1, 0.15) is 27.6 Å². The van der Waals surface area contributed by atoms with E-state index in [1.165, 1.54) is 0 Å². The highest BCUT2D eigenvalue weighted by Crippen LogP contribution is 2.24. The summed E-state index contributed by atoms with van der Waals surface area (Å²) in [5, 5.41) is 8.08. The molecule has 0 N–H and O–H groups in total. The van der Waals surface area contributed by atoms with Crippen molar-refractivity contribution in [3.63, 3.8) is 0 Å². The second kappa shape index (κ2) is 8.20. The van der Waals surface area contributed by atoms with Gasteiger partial charge in [0.05, 0.1) is 12.8 Å². The zero-order chi connectivity index (χ0) is 21.1. The molecular weight excluding hydrogens is 384 g/mol. The average Bonchev–Trinajstić information content (AvgIpc) is 3.35. The maximum absolute atomic E-state index is 12.6. The van der Waals surface area contributed by atoms with E-state index in [-0.39, 0.29) is 12.3 Å². The number of hydrogen-bond donors (Lipinski definition) is 0. The highest BCUT2D eigenvalue weighted by atomic mass is 16.5. The van der Waals surface area contributed by atoms with Crippen LogP contribution in [-0.4, -0.2) is 33.1 Å². The first-order valence-electron chi connectivity index (χ1n) is 9.33. The summed E-state index contributed by atoms with van der Waals surface area (Å²) in [5.41, 5.74) is 2.77. The standard InChI is InChI=1S/C22H20N4O4/c1-14-20(24-25-26(14)18-11-7-8-12-19(18)28-3)22(27)29-13-17-15(2)30-21(23-17)16-9-5-4-6-10-16/h4-12H,13H2,1-3H3. The summed E-state index contributed by atoms with van der Waals surface area (Å²) >= 11 is 0. The molecule has 8 heteroatoms. The molecule has 0 bridgehead atoms. The fourth-order valence-electron chi connectivity index (χ4n) is 3.02. The lowest BCUT2D eigenvalue weighted by atomic mass is 10.2. The van der Waals surface area contributed by atoms with Gasteiger partial charge in [-0.15, -0.1) is 5.10 Å². The molecule has 30 heavy (non-hydrogen) atoms. The Morgan fingerprint density at radius 2 is 1.80 bits per heavy atom. The molecule has 2 aromatic heterocycles. The Bertz CT molecular complexity index is 1180. The van der Waals surface area contributed by atoms with E-state index in [1.54, 1.807) is 25.6 Å². The van der Waals surface area contributed by atoms with Crippen LogP contribution in [0.3, 0.4) is 0 Å². The normalized spacial score (nSPS) is 10.8. The minimum Gasteiger partial charge on any atom is -0.494 e. The number of carbonyl (C=O) groups excluding carboxylic acids is 1. The number of carbonyl (C=O) groups is 1. The van der Waals surface area contributed by atoms with E-state index in [9.17, 15) is 4.79 Å². The Morgan fingerprint density at radius 1 is 1.07 bits per heavy atom. The molecule has 0 aliphatic heterocycles. The first-order chi connectivity index (χ1) is 14.6. The molecule has 0 saturated heterocycles. The fraction of sp³-hybridized carbons (Fsp3) is 0.182. The SMILES string of the molecule is COc1ccccc1-n1nnc(C(=O)OCc2nc(-c3ccccc3)oc2C)c1C. The quantitative estimate of drug-likeness (QED) is 0.450. The van der Waals surface area contributed by atoms with Crippen LogP contribution in [0.15, 0.2) is 59.0 Å². The van der Waals surface area contributed by atoms with E-state index in [0.29, 0.717) is 34.5 Å². The largest absolute Gasteiger partial charge is 0.494 e. The maximum atomic E-state index is 12.6. The smallest absolute Gasteiger partial charge is 0.361 e. The van der Waals surface area contributed by atoms with Crippen molar-refractivity contribution in [2.45, 2.75) is 20.5 Å². The third-order valence-electron chi connectivity index (χ3n) is 4.65. The van der Waals surface area contributed by atoms with Gasteiger partial charge in [0.25, 0.3) is 0 Å². The number of hydrogen-bond acceptors (Lipinski definition) is 7. The Labute approximate surface area is 173 Å². The van der Waals surface area contributed by atoms with Gasteiger partial charge >= 0.3 is 5.97 Å². The lowest BCUT2D eigenvalue weighted by Gasteiger charge is -2.08. The van der Waals surface area contributed by atoms with Gasteiger partial charge in [-0.25, -0.2) is 14.5 Å². The number of para-hydroxylation sites is 2. The minimum absolute atomic E-state index is 0.0258. The third-order valence-corrected chi connectivity index (χ3v) is 4.65. The molecule has 8 nitrogen and oxygen atoms in total. The number of methoxy groups -OCH3 is 1. The van der Waals surface area contributed by atoms with E-state index in [0.717, 1.165) is 5.56 Å². The van der Waals surface area contributed by atoms with Crippen molar-refractivity contribution in [3.05, 3.63) is 77.4 Å². The topological polar surface area (TPSA) is 92.3 Å². The number of benzene rings is 2. The lowest BCUT2D eigenvalue weighted by molar-refractivity contribution is 0.0459. The Hall–Kier alpha value is -3.94. The van der Waals surface area contributed by atoms with Gasteiger partial charge in [0.1, 0.15) is 29.5 Å². The van der Waals surface area contributed by atoms with Crippen LogP contribution in [0.25, 0.3) is 17.1 Å².